The summed E-state index contributed by atoms with van der Waals surface area (Å²) in [5, 5.41) is 5.82. The summed E-state index contributed by atoms with van der Waals surface area (Å²) in [6.45, 7) is 2.54. The molecule has 1 saturated carbocycles. The highest BCUT2D eigenvalue weighted by molar-refractivity contribution is 7.99. The number of rotatable bonds is 6. The van der Waals surface area contributed by atoms with Crippen molar-refractivity contribution in [2.75, 3.05) is 19.8 Å². The first-order valence-corrected chi connectivity index (χ1v) is 9.34. The summed E-state index contributed by atoms with van der Waals surface area (Å²) in [6.07, 6.45) is 5.96. The standard InChI is InChI=1S/C15H24N2OS2/c1-11(13-8-5-9-20-13)16-15(18)10-17(2)12-6-4-7-14(12)19-3/h5,8-9,11-12,14H,4,6-7,10H2,1-3H3,(H,16,18)/t11-,12+,14-/m1/s1. The Morgan fingerprint density at radius 2 is 2.40 bits per heavy atom. The van der Waals surface area contributed by atoms with Crippen LogP contribution in [0.25, 0.3) is 0 Å². The maximum atomic E-state index is 12.2. The first kappa shape index (κ1) is 15.9. The molecule has 0 saturated heterocycles. The topological polar surface area (TPSA) is 32.3 Å². The number of likely N-dealkylation sites (N-methyl/N-ethyl adjacent to an activating group) is 1. The zero-order chi connectivity index (χ0) is 14.5. The minimum absolute atomic E-state index is 0.107. The van der Waals surface area contributed by atoms with Crippen LogP contribution in [-0.2, 0) is 4.79 Å². The fourth-order valence-electron chi connectivity index (χ4n) is 2.93. The highest BCUT2D eigenvalue weighted by Crippen LogP contribution is 2.31. The van der Waals surface area contributed by atoms with Crippen LogP contribution in [0.4, 0.5) is 0 Å². The fourth-order valence-corrected chi connectivity index (χ4v) is 4.72. The van der Waals surface area contributed by atoms with E-state index in [2.05, 4.69) is 29.6 Å². The molecule has 0 bridgehead atoms. The van der Waals surface area contributed by atoms with E-state index in [0.29, 0.717) is 17.8 Å². The Bertz CT molecular complexity index is 422. The van der Waals surface area contributed by atoms with Gasteiger partial charge in [0, 0.05) is 16.2 Å². The lowest BCUT2D eigenvalue weighted by molar-refractivity contribution is -0.123. The van der Waals surface area contributed by atoms with Gasteiger partial charge in [-0.2, -0.15) is 11.8 Å². The molecule has 1 aromatic rings. The lowest BCUT2D eigenvalue weighted by atomic mass is 10.2. The minimum atomic E-state index is 0.107. The van der Waals surface area contributed by atoms with Crippen LogP contribution in [0.1, 0.15) is 37.1 Å². The third-order valence-electron chi connectivity index (χ3n) is 4.03. The lowest BCUT2D eigenvalue weighted by Crippen LogP contribution is -2.43. The molecule has 0 spiro atoms. The summed E-state index contributed by atoms with van der Waals surface area (Å²) in [5.74, 6) is 0.125. The van der Waals surface area contributed by atoms with Gasteiger partial charge in [0.15, 0.2) is 0 Å². The van der Waals surface area contributed by atoms with E-state index in [9.17, 15) is 4.79 Å². The van der Waals surface area contributed by atoms with E-state index in [0.717, 1.165) is 0 Å². The molecule has 1 aromatic heterocycles. The monoisotopic (exact) mass is 312 g/mol. The Morgan fingerprint density at radius 3 is 3.05 bits per heavy atom. The molecule has 1 aliphatic carbocycles. The third kappa shape index (κ3) is 3.99. The number of carbonyl (C=O) groups excluding carboxylic acids is 1. The van der Waals surface area contributed by atoms with Gasteiger partial charge in [-0.3, -0.25) is 9.69 Å². The molecule has 112 valence electrons. The van der Waals surface area contributed by atoms with Crippen molar-refractivity contribution < 1.29 is 4.79 Å². The molecule has 1 fully saturated rings. The highest BCUT2D eigenvalue weighted by Gasteiger charge is 2.30. The van der Waals surface area contributed by atoms with Crippen molar-refractivity contribution in [3.63, 3.8) is 0 Å². The van der Waals surface area contributed by atoms with E-state index in [1.54, 1.807) is 11.3 Å². The minimum Gasteiger partial charge on any atom is -0.348 e. The number of hydrogen-bond donors (Lipinski definition) is 1. The predicted octanol–water partition coefficient (Wildman–Crippen LogP) is 3.14. The molecule has 3 atom stereocenters. The number of amides is 1. The number of thioether (sulfide) groups is 1. The Hall–Kier alpha value is -0.520. The van der Waals surface area contributed by atoms with E-state index < -0.39 is 0 Å². The van der Waals surface area contributed by atoms with Crippen LogP contribution in [0.15, 0.2) is 17.5 Å². The molecule has 5 heteroatoms. The normalized spacial score (nSPS) is 24.0. The van der Waals surface area contributed by atoms with Crippen LogP contribution in [0.2, 0.25) is 0 Å². The molecule has 1 heterocycles. The number of nitrogens with zero attached hydrogens (tertiary/aromatic N) is 1. The van der Waals surface area contributed by atoms with Gasteiger partial charge in [-0.25, -0.2) is 0 Å². The van der Waals surface area contributed by atoms with Crippen molar-refractivity contribution in [2.24, 2.45) is 0 Å². The Morgan fingerprint density at radius 1 is 1.60 bits per heavy atom. The van der Waals surface area contributed by atoms with Gasteiger partial charge >= 0.3 is 0 Å². The van der Waals surface area contributed by atoms with Crippen LogP contribution >= 0.6 is 23.1 Å². The van der Waals surface area contributed by atoms with E-state index in [1.807, 2.05) is 30.1 Å². The zero-order valence-electron chi connectivity index (χ0n) is 12.5. The molecule has 1 amide bonds. The van der Waals surface area contributed by atoms with Gasteiger partial charge in [-0.1, -0.05) is 12.5 Å². The van der Waals surface area contributed by atoms with E-state index >= 15 is 0 Å². The van der Waals surface area contributed by atoms with Crippen molar-refractivity contribution in [3.8, 4) is 0 Å². The second-order valence-corrected chi connectivity index (χ2v) is 7.55. The van der Waals surface area contributed by atoms with Gasteiger partial charge in [0.2, 0.25) is 5.91 Å². The summed E-state index contributed by atoms with van der Waals surface area (Å²) in [5.41, 5.74) is 0. The summed E-state index contributed by atoms with van der Waals surface area (Å²) in [6, 6.07) is 4.75. The van der Waals surface area contributed by atoms with Crippen LogP contribution in [0.5, 0.6) is 0 Å². The zero-order valence-corrected chi connectivity index (χ0v) is 14.1. The van der Waals surface area contributed by atoms with Crippen LogP contribution in [0, 0.1) is 0 Å². The summed E-state index contributed by atoms with van der Waals surface area (Å²) in [7, 11) is 2.08. The second kappa shape index (κ2) is 7.48. The van der Waals surface area contributed by atoms with Gasteiger partial charge < -0.3 is 5.32 Å². The van der Waals surface area contributed by atoms with Crippen LogP contribution in [0.3, 0.4) is 0 Å². The molecule has 20 heavy (non-hydrogen) atoms. The number of hydrogen-bond acceptors (Lipinski definition) is 4. The third-order valence-corrected chi connectivity index (χ3v) is 6.24. The first-order chi connectivity index (χ1) is 9.61. The number of carbonyl (C=O) groups is 1. The first-order valence-electron chi connectivity index (χ1n) is 7.17. The Kier molecular flexibility index (Phi) is 5.93. The van der Waals surface area contributed by atoms with Gasteiger partial charge in [-0.05, 0) is 44.5 Å². The molecule has 3 nitrogen and oxygen atoms in total. The van der Waals surface area contributed by atoms with E-state index in [-0.39, 0.29) is 11.9 Å². The van der Waals surface area contributed by atoms with Gasteiger partial charge in [0.25, 0.3) is 0 Å². The number of thiophene rings is 1. The summed E-state index contributed by atoms with van der Waals surface area (Å²) < 4.78 is 0. The lowest BCUT2D eigenvalue weighted by Gasteiger charge is -2.28. The van der Waals surface area contributed by atoms with E-state index in [1.165, 1.54) is 24.1 Å². The van der Waals surface area contributed by atoms with Crippen molar-refractivity contribution in [1.29, 1.82) is 0 Å². The molecule has 1 N–H and O–H groups in total. The molecular formula is C15H24N2OS2. The number of nitrogens with one attached hydrogen (secondary N) is 1. The summed E-state index contributed by atoms with van der Waals surface area (Å²) in [4.78, 5) is 15.6. The molecule has 2 rings (SSSR count). The Labute approximate surface area is 130 Å². The molecular weight excluding hydrogens is 288 g/mol. The SMILES string of the molecule is CS[C@@H]1CCC[C@@H]1N(C)CC(=O)N[C@H](C)c1cccs1. The van der Waals surface area contributed by atoms with Gasteiger partial charge in [0.05, 0.1) is 12.6 Å². The maximum Gasteiger partial charge on any atom is 0.234 e. The van der Waals surface area contributed by atoms with Crippen molar-refractivity contribution >= 4 is 29.0 Å². The Balaban J connectivity index is 1.82. The van der Waals surface area contributed by atoms with Crippen LogP contribution in [-0.4, -0.2) is 41.9 Å². The van der Waals surface area contributed by atoms with Gasteiger partial charge in [0.1, 0.15) is 0 Å². The molecule has 1 aliphatic rings. The second-order valence-electron chi connectivity index (χ2n) is 5.49. The molecule has 0 aromatic carbocycles. The smallest absolute Gasteiger partial charge is 0.234 e. The van der Waals surface area contributed by atoms with Crippen LogP contribution < -0.4 is 5.32 Å². The van der Waals surface area contributed by atoms with Crippen molar-refractivity contribution in [3.05, 3.63) is 22.4 Å². The maximum absolute atomic E-state index is 12.2. The predicted molar refractivity (Wildman–Crippen MR) is 88.4 cm³/mol. The highest BCUT2D eigenvalue weighted by atomic mass is 32.2. The largest absolute Gasteiger partial charge is 0.348 e. The molecule has 0 unspecified atom stereocenters. The average molecular weight is 313 g/mol. The quantitative estimate of drug-likeness (QED) is 0.876. The summed E-state index contributed by atoms with van der Waals surface area (Å²) >= 11 is 3.63. The fraction of sp³-hybridized carbons (Fsp3) is 0.667. The van der Waals surface area contributed by atoms with Crippen molar-refractivity contribution in [1.82, 2.24) is 10.2 Å². The van der Waals surface area contributed by atoms with E-state index in [4.69, 9.17) is 0 Å². The van der Waals surface area contributed by atoms with Crippen molar-refractivity contribution in [2.45, 2.75) is 43.5 Å². The average Bonchev–Trinajstić information content (AvgIpc) is 3.09. The molecule has 0 aliphatic heterocycles. The molecule has 0 radical (unpaired) electrons. The van der Waals surface area contributed by atoms with Gasteiger partial charge in [-0.15, -0.1) is 11.3 Å².